The number of hydrogen-bond acceptors (Lipinski definition) is 6. The van der Waals surface area contributed by atoms with Gasteiger partial charge in [-0.25, -0.2) is 14.4 Å². The summed E-state index contributed by atoms with van der Waals surface area (Å²) in [6, 6.07) is 12.5. The summed E-state index contributed by atoms with van der Waals surface area (Å²) in [5, 5.41) is 12.3. The number of rotatable bonds is 9. The number of anilines is 1. The van der Waals surface area contributed by atoms with E-state index in [-0.39, 0.29) is 18.0 Å². The Morgan fingerprint density at radius 3 is 2.71 bits per heavy atom. The number of halogens is 1. The van der Waals surface area contributed by atoms with E-state index in [0.717, 1.165) is 5.56 Å². The Labute approximate surface area is 180 Å². The molecule has 1 atom stereocenters. The number of amides is 1. The molecule has 0 aliphatic rings. The predicted molar refractivity (Wildman–Crippen MR) is 116 cm³/mol. The van der Waals surface area contributed by atoms with E-state index < -0.39 is 17.8 Å². The van der Waals surface area contributed by atoms with Gasteiger partial charge in [-0.05, 0) is 24.6 Å². The van der Waals surface area contributed by atoms with Gasteiger partial charge in [-0.2, -0.15) is 0 Å². The topological polar surface area (TPSA) is 110 Å². The highest BCUT2D eigenvalue weighted by Crippen LogP contribution is 2.25. The number of aliphatic hydroxyl groups is 1. The molecule has 3 aromatic rings. The van der Waals surface area contributed by atoms with Crippen molar-refractivity contribution in [2.45, 2.75) is 19.4 Å². The van der Waals surface area contributed by atoms with Crippen LogP contribution in [0.25, 0.3) is 11.3 Å². The molecule has 1 unspecified atom stereocenters. The maximum Gasteiger partial charge on any atom is 0.254 e. The summed E-state index contributed by atoms with van der Waals surface area (Å²) in [7, 11) is 0. The molecule has 0 aliphatic heterocycles. The van der Waals surface area contributed by atoms with Crippen LogP contribution in [0.4, 0.5) is 10.2 Å². The molecular formula is C23H25FN4O3. The molecule has 7 nitrogen and oxygen atoms in total. The fourth-order valence-corrected chi connectivity index (χ4v) is 3.09. The van der Waals surface area contributed by atoms with E-state index in [9.17, 15) is 14.3 Å². The molecule has 0 saturated carbocycles. The van der Waals surface area contributed by atoms with Gasteiger partial charge in [0.2, 0.25) is 0 Å². The zero-order chi connectivity index (χ0) is 22.2. The molecule has 4 N–H and O–H groups in total. The van der Waals surface area contributed by atoms with E-state index in [1.165, 1.54) is 12.1 Å². The van der Waals surface area contributed by atoms with Crippen LogP contribution in [0.2, 0.25) is 0 Å². The smallest absolute Gasteiger partial charge is 0.254 e. The molecule has 0 bridgehead atoms. The van der Waals surface area contributed by atoms with Gasteiger partial charge in [-0.15, -0.1) is 0 Å². The summed E-state index contributed by atoms with van der Waals surface area (Å²) in [4.78, 5) is 21.2. The molecule has 0 spiro atoms. The summed E-state index contributed by atoms with van der Waals surface area (Å²) in [5.74, 6) is -1.18. The minimum atomic E-state index is -0.722. The van der Waals surface area contributed by atoms with Crippen LogP contribution in [-0.2, 0) is 11.2 Å². The zero-order valence-electron chi connectivity index (χ0n) is 17.2. The molecule has 2 aromatic carbocycles. The van der Waals surface area contributed by atoms with Gasteiger partial charge in [0.1, 0.15) is 17.3 Å². The molecule has 0 saturated heterocycles. The number of carbonyl (C=O) groups excluding carboxylic acids is 1. The van der Waals surface area contributed by atoms with Crippen molar-refractivity contribution in [2.24, 2.45) is 0 Å². The minimum Gasteiger partial charge on any atom is -0.394 e. The van der Waals surface area contributed by atoms with Crippen LogP contribution in [-0.4, -0.2) is 40.8 Å². The van der Waals surface area contributed by atoms with Crippen LogP contribution in [0.3, 0.4) is 0 Å². The molecule has 8 heteroatoms. The van der Waals surface area contributed by atoms with Gasteiger partial charge >= 0.3 is 0 Å². The number of aromatic nitrogens is 2. The Morgan fingerprint density at radius 1 is 1.26 bits per heavy atom. The van der Waals surface area contributed by atoms with Gasteiger partial charge in [0.25, 0.3) is 5.91 Å². The summed E-state index contributed by atoms with van der Waals surface area (Å²) in [6.45, 7) is 2.69. The van der Waals surface area contributed by atoms with Crippen molar-refractivity contribution >= 4 is 11.7 Å². The Kier molecular flexibility index (Phi) is 7.64. The lowest BCUT2D eigenvalue weighted by Crippen LogP contribution is -2.31. The number of ether oxygens (including phenoxy) is 1. The van der Waals surface area contributed by atoms with Crippen molar-refractivity contribution in [1.29, 1.82) is 0 Å². The second-order valence-corrected chi connectivity index (χ2v) is 6.86. The average Bonchev–Trinajstić information content (AvgIpc) is 2.79. The third-order valence-electron chi connectivity index (χ3n) is 4.73. The molecule has 1 amide bonds. The lowest BCUT2D eigenvalue weighted by atomic mass is 10.0. The van der Waals surface area contributed by atoms with Crippen molar-refractivity contribution in [3.8, 4) is 11.3 Å². The molecule has 1 heterocycles. The van der Waals surface area contributed by atoms with Gasteiger partial charge in [-0.1, -0.05) is 36.4 Å². The second kappa shape index (κ2) is 10.6. The quantitative estimate of drug-likeness (QED) is 0.456. The third-order valence-corrected chi connectivity index (χ3v) is 4.73. The van der Waals surface area contributed by atoms with Crippen LogP contribution < -0.4 is 11.1 Å². The van der Waals surface area contributed by atoms with Crippen molar-refractivity contribution in [3.05, 3.63) is 77.4 Å². The van der Waals surface area contributed by atoms with Crippen molar-refractivity contribution < 1.29 is 19.0 Å². The molecule has 0 radical (unpaired) electrons. The number of nitrogens with two attached hydrogens (primary N) is 1. The first-order valence-corrected chi connectivity index (χ1v) is 9.99. The van der Waals surface area contributed by atoms with Crippen molar-refractivity contribution in [1.82, 2.24) is 15.3 Å². The van der Waals surface area contributed by atoms with Gasteiger partial charge in [0.05, 0.1) is 36.7 Å². The monoisotopic (exact) mass is 424 g/mol. The molecule has 162 valence electrons. The minimum absolute atomic E-state index is 0.142. The normalized spacial score (nSPS) is 11.8. The van der Waals surface area contributed by atoms with Gasteiger partial charge < -0.3 is 20.9 Å². The SMILES string of the molecule is CCOCCc1cnc(N)c(-c2ccc(C(=O)NC(CO)c3ccccc3)c(F)c2)n1. The van der Waals surface area contributed by atoms with E-state index >= 15 is 0 Å². The average molecular weight is 424 g/mol. The van der Waals surface area contributed by atoms with Gasteiger partial charge in [0.15, 0.2) is 0 Å². The number of hydrogen-bond donors (Lipinski definition) is 3. The predicted octanol–water partition coefficient (Wildman–Crippen LogP) is 2.91. The first-order chi connectivity index (χ1) is 15.0. The molecule has 0 aliphatic carbocycles. The number of nitrogen functional groups attached to an aromatic ring is 1. The second-order valence-electron chi connectivity index (χ2n) is 6.86. The largest absolute Gasteiger partial charge is 0.394 e. The zero-order valence-corrected chi connectivity index (χ0v) is 17.2. The Bertz CT molecular complexity index is 1030. The Balaban J connectivity index is 1.80. The lowest BCUT2D eigenvalue weighted by molar-refractivity contribution is 0.0912. The maximum atomic E-state index is 14.8. The number of nitrogens with zero attached hydrogens (tertiary/aromatic N) is 2. The lowest BCUT2D eigenvalue weighted by Gasteiger charge is -2.17. The van der Waals surface area contributed by atoms with Crippen molar-refractivity contribution in [3.63, 3.8) is 0 Å². The van der Waals surface area contributed by atoms with E-state index in [0.29, 0.717) is 36.6 Å². The number of carbonyl (C=O) groups is 1. The number of nitrogens with one attached hydrogen (secondary N) is 1. The number of aliphatic hydroxyl groups excluding tert-OH is 1. The standard InChI is InChI=1S/C23H25FN4O3/c1-2-31-11-10-17-13-26-22(25)21(27-17)16-8-9-18(19(24)12-16)23(30)28-20(14-29)15-6-4-3-5-7-15/h3-9,12-13,20,29H,2,10-11,14H2,1H3,(H2,25,26)(H,28,30). The van der Waals surface area contributed by atoms with Crippen LogP contribution in [0, 0.1) is 5.82 Å². The van der Waals surface area contributed by atoms with Crippen LogP contribution >= 0.6 is 0 Å². The summed E-state index contributed by atoms with van der Waals surface area (Å²) in [5.41, 5.74) is 7.96. The maximum absolute atomic E-state index is 14.8. The van der Waals surface area contributed by atoms with Crippen molar-refractivity contribution in [2.75, 3.05) is 25.6 Å². The van der Waals surface area contributed by atoms with E-state index in [1.54, 1.807) is 36.5 Å². The van der Waals surface area contributed by atoms with E-state index in [1.807, 2.05) is 13.0 Å². The first kappa shape index (κ1) is 22.3. The molecular weight excluding hydrogens is 399 g/mol. The molecule has 0 fully saturated rings. The molecule has 3 rings (SSSR count). The molecule has 1 aromatic heterocycles. The summed E-state index contributed by atoms with van der Waals surface area (Å²) in [6.07, 6.45) is 2.12. The first-order valence-electron chi connectivity index (χ1n) is 9.99. The fraction of sp³-hybridized carbons (Fsp3) is 0.261. The highest BCUT2D eigenvalue weighted by molar-refractivity contribution is 5.95. The van der Waals surface area contributed by atoms with E-state index in [2.05, 4.69) is 15.3 Å². The van der Waals surface area contributed by atoms with Gasteiger partial charge in [-0.3, -0.25) is 4.79 Å². The highest BCUT2D eigenvalue weighted by atomic mass is 19.1. The van der Waals surface area contributed by atoms with Gasteiger partial charge in [0, 0.05) is 18.6 Å². The van der Waals surface area contributed by atoms with Crippen LogP contribution in [0.15, 0.2) is 54.7 Å². The Morgan fingerprint density at radius 2 is 2.03 bits per heavy atom. The Hall–Kier alpha value is -3.36. The highest BCUT2D eigenvalue weighted by Gasteiger charge is 2.19. The summed E-state index contributed by atoms with van der Waals surface area (Å²) >= 11 is 0. The van der Waals surface area contributed by atoms with Crippen LogP contribution in [0.5, 0.6) is 0 Å². The number of benzene rings is 2. The van der Waals surface area contributed by atoms with E-state index in [4.69, 9.17) is 10.5 Å². The molecule has 31 heavy (non-hydrogen) atoms. The fourth-order valence-electron chi connectivity index (χ4n) is 3.09. The third kappa shape index (κ3) is 5.62. The van der Waals surface area contributed by atoms with Crippen LogP contribution in [0.1, 0.15) is 34.6 Å². The summed E-state index contributed by atoms with van der Waals surface area (Å²) < 4.78 is 20.1.